The van der Waals surface area contributed by atoms with E-state index >= 15 is 0 Å². The quantitative estimate of drug-likeness (QED) is 0.255. The molecule has 26 heavy (non-hydrogen) atoms. The molecule has 1 aliphatic carbocycles. The molecule has 158 valence electrons. The van der Waals surface area contributed by atoms with Crippen LogP contribution in [-0.4, -0.2) is 44.3 Å². The van der Waals surface area contributed by atoms with E-state index in [1.807, 2.05) is 19.0 Å². The van der Waals surface area contributed by atoms with Gasteiger partial charge in [-0.2, -0.15) is 8.42 Å². The van der Waals surface area contributed by atoms with E-state index < -0.39 is 10.1 Å². The smallest absolute Gasteiger partial charge is 0.264 e. The molecule has 0 spiro atoms. The Labute approximate surface area is 163 Å². The molecule has 0 unspecified atom stereocenters. The maximum atomic E-state index is 10.1. The largest absolute Gasteiger partial charge is 0.309 e. The molecule has 4 nitrogen and oxygen atoms in total. The van der Waals surface area contributed by atoms with Crippen LogP contribution < -0.4 is 0 Å². The molecule has 0 aromatic heterocycles. The van der Waals surface area contributed by atoms with Gasteiger partial charge in [0, 0.05) is 0 Å². The molecule has 0 saturated heterocycles. The second-order valence-electron chi connectivity index (χ2n) is 8.21. The van der Waals surface area contributed by atoms with Gasteiger partial charge >= 0.3 is 0 Å². The summed E-state index contributed by atoms with van der Waals surface area (Å²) in [5.41, 5.74) is 0. The summed E-state index contributed by atoms with van der Waals surface area (Å²) in [4.78, 5) is 1.87. The van der Waals surface area contributed by atoms with Gasteiger partial charge in [-0.25, -0.2) is 0 Å². The van der Waals surface area contributed by atoms with Gasteiger partial charge < -0.3 is 4.90 Å². The summed E-state index contributed by atoms with van der Waals surface area (Å²) in [6, 6.07) is 0. The normalized spacial score (nSPS) is 16.2. The Kier molecular flexibility index (Phi) is 16.9. The average molecular weight is 392 g/mol. The highest BCUT2D eigenvalue weighted by Gasteiger charge is 2.11. The lowest BCUT2D eigenvalue weighted by Crippen LogP contribution is -2.16. The van der Waals surface area contributed by atoms with Crippen molar-refractivity contribution < 1.29 is 13.0 Å². The molecule has 0 aliphatic heterocycles. The molecule has 0 aromatic rings. The Morgan fingerprint density at radius 2 is 1.38 bits per heavy atom. The third-order valence-electron chi connectivity index (χ3n) is 5.20. The second kappa shape index (κ2) is 17.0. The van der Waals surface area contributed by atoms with Gasteiger partial charge in [0.05, 0.1) is 5.75 Å². The maximum Gasteiger partial charge on any atom is 0.264 e. The van der Waals surface area contributed by atoms with Crippen LogP contribution in [-0.2, 0) is 10.1 Å². The summed E-state index contributed by atoms with van der Waals surface area (Å²) in [6.07, 6.45) is 21.4. The van der Waals surface area contributed by atoms with Crippen LogP contribution in [0.15, 0.2) is 0 Å². The first kappa shape index (κ1) is 25.9. The fourth-order valence-electron chi connectivity index (χ4n) is 3.61. The van der Waals surface area contributed by atoms with Crippen LogP contribution in [0.4, 0.5) is 0 Å². The molecule has 0 amide bonds. The number of unbranched alkanes of at least 4 members (excludes halogenated alkanes) is 6. The summed E-state index contributed by atoms with van der Waals surface area (Å²) in [7, 11) is -0.0441. The zero-order valence-corrected chi connectivity index (χ0v) is 18.5. The van der Waals surface area contributed by atoms with Gasteiger partial charge in [0.2, 0.25) is 0 Å². The molecule has 1 fully saturated rings. The highest BCUT2D eigenvalue weighted by atomic mass is 32.2. The fourth-order valence-corrected chi connectivity index (χ4v) is 4.10. The Bertz CT molecular complexity index is 388. The Morgan fingerprint density at radius 3 is 1.88 bits per heavy atom. The minimum absolute atomic E-state index is 0.148. The number of hydrogen-bond donors (Lipinski definition) is 1. The molecule has 0 heterocycles. The standard InChI is InChI=1S/C16H32.C5H13NO3S/c1-2-3-4-5-6-7-10-13-16-14-11-8-9-12-15-16;1-6(2)4-3-5-10(7,8)9/h16H,2-15H2,1H3;3-5H2,1-2H3,(H,7,8,9). The van der Waals surface area contributed by atoms with Crippen molar-refractivity contribution in [3.63, 3.8) is 0 Å². The molecule has 0 aromatic carbocycles. The van der Waals surface area contributed by atoms with Gasteiger partial charge in [-0.05, 0) is 33.0 Å². The SMILES string of the molecule is CCCCCCCCCC1CCCCCC1.CN(C)CCCS(=O)(=O)O. The molecule has 1 rings (SSSR count). The third kappa shape index (κ3) is 20.2. The van der Waals surface area contributed by atoms with E-state index in [0.717, 1.165) is 5.92 Å². The summed E-state index contributed by atoms with van der Waals surface area (Å²) in [5.74, 6) is 0.948. The van der Waals surface area contributed by atoms with Gasteiger partial charge in [0.15, 0.2) is 0 Å². The van der Waals surface area contributed by atoms with E-state index in [1.165, 1.54) is 89.9 Å². The van der Waals surface area contributed by atoms with E-state index in [-0.39, 0.29) is 5.75 Å². The highest BCUT2D eigenvalue weighted by Crippen LogP contribution is 2.27. The topological polar surface area (TPSA) is 57.6 Å². The first-order valence-corrected chi connectivity index (χ1v) is 12.6. The van der Waals surface area contributed by atoms with Crippen molar-refractivity contribution in [2.75, 3.05) is 26.4 Å². The Hall–Kier alpha value is -0.130. The average Bonchev–Trinajstić information content (AvgIpc) is 2.82. The van der Waals surface area contributed by atoms with Crippen molar-refractivity contribution in [2.45, 2.75) is 103 Å². The summed E-state index contributed by atoms with van der Waals surface area (Å²) in [6.45, 7) is 2.98. The van der Waals surface area contributed by atoms with Crippen molar-refractivity contribution >= 4 is 10.1 Å². The number of nitrogens with zero attached hydrogens (tertiary/aromatic N) is 1. The van der Waals surface area contributed by atoms with Crippen LogP contribution in [0.5, 0.6) is 0 Å². The van der Waals surface area contributed by atoms with Crippen molar-refractivity contribution in [3.05, 3.63) is 0 Å². The lowest BCUT2D eigenvalue weighted by Gasteiger charge is -2.13. The van der Waals surface area contributed by atoms with Crippen molar-refractivity contribution in [1.29, 1.82) is 0 Å². The van der Waals surface area contributed by atoms with Crippen LogP contribution in [0.1, 0.15) is 103 Å². The van der Waals surface area contributed by atoms with E-state index in [1.54, 1.807) is 0 Å². The van der Waals surface area contributed by atoms with Gasteiger partial charge in [-0.3, -0.25) is 4.55 Å². The lowest BCUT2D eigenvalue weighted by molar-refractivity contribution is 0.404. The molecule has 1 aliphatic rings. The van der Waals surface area contributed by atoms with Gasteiger partial charge in [0.1, 0.15) is 0 Å². The predicted octanol–water partition coefficient (Wildman–Crippen LogP) is 5.92. The van der Waals surface area contributed by atoms with Crippen molar-refractivity contribution in [3.8, 4) is 0 Å². The molecule has 0 bridgehead atoms. The number of rotatable bonds is 12. The summed E-state index contributed by atoms with van der Waals surface area (Å²) < 4.78 is 28.6. The first-order chi connectivity index (χ1) is 12.3. The fraction of sp³-hybridized carbons (Fsp3) is 1.00. The van der Waals surface area contributed by atoms with E-state index in [9.17, 15) is 8.42 Å². The van der Waals surface area contributed by atoms with Crippen LogP contribution in [0.2, 0.25) is 0 Å². The molecule has 5 heteroatoms. The molecule has 1 saturated carbocycles. The molecular weight excluding hydrogens is 346 g/mol. The molecule has 1 N–H and O–H groups in total. The maximum absolute atomic E-state index is 10.1. The van der Waals surface area contributed by atoms with Crippen LogP contribution in [0, 0.1) is 5.92 Å². The lowest BCUT2D eigenvalue weighted by atomic mass is 9.93. The minimum Gasteiger partial charge on any atom is -0.309 e. The van der Waals surface area contributed by atoms with Crippen molar-refractivity contribution in [2.24, 2.45) is 5.92 Å². The Balaban J connectivity index is 0.000000541. The van der Waals surface area contributed by atoms with Crippen LogP contribution in [0.25, 0.3) is 0 Å². The van der Waals surface area contributed by atoms with E-state index in [0.29, 0.717) is 13.0 Å². The monoisotopic (exact) mass is 391 g/mol. The molecule has 0 radical (unpaired) electrons. The van der Waals surface area contributed by atoms with E-state index in [2.05, 4.69) is 6.92 Å². The molecule has 0 atom stereocenters. The van der Waals surface area contributed by atoms with Gasteiger partial charge in [-0.1, -0.05) is 96.8 Å². The summed E-state index contributed by atoms with van der Waals surface area (Å²) >= 11 is 0. The second-order valence-corrected chi connectivity index (χ2v) is 9.78. The highest BCUT2D eigenvalue weighted by molar-refractivity contribution is 7.85. The van der Waals surface area contributed by atoms with Gasteiger partial charge in [0.25, 0.3) is 10.1 Å². The third-order valence-corrected chi connectivity index (χ3v) is 6.00. The van der Waals surface area contributed by atoms with Crippen molar-refractivity contribution in [1.82, 2.24) is 4.90 Å². The molecular formula is C21H45NO3S. The van der Waals surface area contributed by atoms with Crippen LogP contribution >= 0.6 is 0 Å². The van der Waals surface area contributed by atoms with Gasteiger partial charge in [-0.15, -0.1) is 0 Å². The zero-order chi connectivity index (χ0) is 19.7. The first-order valence-electron chi connectivity index (χ1n) is 10.9. The minimum atomic E-state index is -3.75. The zero-order valence-electron chi connectivity index (χ0n) is 17.7. The Morgan fingerprint density at radius 1 is 0.846 bits per heavy atom. The van der Waals surface area contributed by atoms with Crippen LogP contribution in [0.3, 0.4) is 0 Å². The summed E-state index contributed by atoms with van der Waals surface area (Å²) in [5, 5.41) is 0. The number of hydrogen-bond acceptors (Lipinski definition) is 3. The van der Waals surface area contributed by atoms with E-state index in [4.69, 9.17) is 4.55 Å². The predicted molar refractivity (Wildman–Crippen MR) is 113 cm³/mol.